The minimum Gasteiger partial charge on any atom is -0.374 e. The molecule has 0 saturated heterocycles. The van der Waals surface area contributed by atoms with E-state index in [9.17, 15) is 0 Å². The van der Waals surface area contributed by atoms with E-state index < -0.39 is 0 Å². The SMILES string of the molecule is COC1c2ccccc2-c2ccccc2[C@H]1OC. The van der Waals surface area contributed by atoms with E-state index in [-0.39, 0.29) is 12.2 Å². The number of fused-ring (bicyclic) bond motifs is 3. The van der Waals surface area contributed by atoms with Gasteiger partial charge < -0.3 is 9.47 Å². The molecule has 0 aromatic heterocycles. The van der Waals surface area contributed by atoms with Crippen molar-refractivity contribution in [2.45, 2.75) is 12.2 Å². The zero-order valence-corrected chi connectivity index (χ0v) is 10.6. The van der Waals surface area contributed by atoms with Gasteiger partial charge in [0.1, 0.15) is 12.2 Å². The fourth-order valence-electron chi connectivity index (χ4n) is 2.81. The highest BCUT2D eigenvalue weighted by Crippen LogP contribution is 2.47. The quantitative estimate of drug-likeness (QED) is 0.796. The van der Waals surface area contributed by atoms with Gasteiger partial charge in [0.2, 0.25) is 0 Å². The third-order valence-electron chi connectivity index (χ3n) is 3.61. The molecule has 18 heavy (non-hydrogen) atoms. The average molecular weight is 240 g/mol. The van der Waals surface area contributed by atoms with Crippen LogP contribution in [-0.4, -0.2) is 14.2 Å². The van der Waals surface area contributed by atoms with Crippen LogP contribution in [0.3, 0.4) is 0 Å². The highest BCUT2D eigenvalue weighted by Gasteiger charge is 2.33. The number of hydrogen-bond donors (Lipinski definition) is 0. The minimum absolute atomic E-state index is 0.0406. The summed E-state index contributed by atoms with van der Waals surface area (Å²) in [6, 6.07) is 16.7. The van der Waals surface area contributed by atoms with Gasteiger partial charge in [0.15, 0.2) is 0 Å². The molecule has 0 fully saturated rings. The van der Waals surface area contributed by atoms with E-state index in [4.69, 9.17) is 9.47 Å². The van der Waals surface area contributed by atoms with Gasteiger partial charge in [0, 0.05) is 14.2 Å². The first kappa shape index (κ1) is 11.5. The maximum atomic E-state index is 5.65. The Labute approximate surface area is 107 Å². The van der Waals surface area contributed by atoms with Crippen LogP contribution in [0.1, 0.15) is 23.3 Å². The van der Waals surface area contributed by atoms with Gasteiger partial charge in [-0.2, -0.15) is 0 Å². The van der Waals surface area contributed by atoms with Crippen LogP contribution in [0.4, 0.5) is 0 Å². The van der Waals surface area contributed by atoms with Gasteiger partial charge in [-0.3, -0.25) is 0 Å². The van der Waals surface area contributed by atoms with E-state index in [0.29, 0.717) is 0 Å². The lowest BCUT2D eigenvalue weighted by Crippen LogP contribution is -2.20. The lowest BCUT2D eigenvalue weighted by atomic mass is 9.82. The van der Waals surface area contributed by atoms with Crippen molar-refractivity contribution in [2.24, 2.45) is 0 Å². The molecule has 0 spiro atoms. The zero-order valence-electron chi connectivity index (χ0n) is 10.6. The summed E-state index contributed by atoms with van der Waals surface area (Å²) in [5.41, 5.74) is 4.89. The highest BCUT2D eigenvalue weighted by molar-refractivity contribution is 5.74. The molecule has 0 heterocycles. The summed E-state index contributed by atoms with van der Waals surface area (Å²) in [6.45, 7) is 0. The van der Waals surface area contributed by atoms with E-state index in [1.165, 1.54) is 22.3 Å². The molecular formula is C16H16O2. The summed E-state index contributed by atoms with van der Waals surface area (Å²) in [5.74, 6) is 0. The van der Waals surface area contributed by atoms with Crippen LogP contribution < -0.4 is 0 Å². The topological polar surface area (TPSA) is 18.5 Å². The summed E-state index contributed by atoms with van der Waals surface area (Å²) in [5, 5.41) is 0. The lowest BCUT2D eigenvalue weighted by Gasteiger charge is -2.33. The van der Waals surface area contributed by atoms with Gasteiger partial charge in [0.25, 0.3) is 0 Å². The van der Waals surface area contributed by atoms with Crippen LogP contribution in [0.15, 0.2) is 48.5 Å². The number of rotatable bonds is 2. The summed E-state index contributed by atoms with van der Waals surface area (Å²) in [4.78, 5) is 0. The molecule has 0 radical (unpaired) electrons. The Morgan fingerprint density at radius 1 is 0.667 bits per heavy atom. The first-order chi connectivity index (χ1) is 8.86. The highest BCUT2D eigenvalue weighted by atomic mass is 16.5. The fraction of sp³-hybridized carbons (Fsp3) is 0.250. The van der Waals surface area contributed by atoms with Gasteiger partial charge in [0.05, 0.1) is 0 Å². The first-order valence-electron chi connectivity index (χ1n) is 6.10. The van der Waals surface area contributed by atoms with E-state index in [2.05, 4.69) is 36.4 Å². The number of benzene rings is 2. The van der Waals surface area contributed by atoms with Crippen molar-refractivity contribution in [2.75, 3.05) is 14.2 Å². The zero-order chi connectivity index (χ0) is 12.5. The maximum Gasteiger partial charge on any atom is 0.113 e. The monoisotopic (exact) mass is 240 g/mol. The van der Waals surface area contributed by atoms with Crippen LogP contribution in [0, 0.1) is 0 Å². The molecule has 0 bridgehead atoms. The third kappa shape index (κ3) is 1.57. The van der Waals surface area contributed by atoms with Gasteiger partial charge in [-0.05, 0) is 22.3 Å². The Balaban J connectivity index is 2.27. The second-order valence-electron chi connectivity index (χ2n) is 4.49. The van der Waals surface area contributed by atoms with E-state index in [1.807, 2.05) is 12.1 Å². The third-order valence-corrected chi connectivity index (χ3v) is 3.61. The molecule has 0 amide bonds. The van der Waals surface area contributed by atoms with Crippen molar-refractivity contribution in [1.82, 2.24) is 0 Å². The van der Waals surface area contributed by atoms with Gasteiger partial charge in [-0.1, -0.05) is 48.5 Å². The molecule has 1 aliphatic carbocycles. The number of methoxy groups -OCH3 is 2. The Kier molecular flexibility index (Phi) is 2.90. The predicted molar refractivity (Wildman–Crippen MR) is 71.4 cm³/mol. The summed E-state index contributed by atoms with van der Waals surface area (Å²) < 4.78 is 11.3. The molecular weight excluding hydrogens is 224 g/mol. The van der Waals surface area contributed by atoms with Gasteiger partial charge in [-0.15, -0.1) is 0 Å². The lowest BCUT2D eigenvalue weighted by molar-refractivity contribution is -0.0408. The molecule has 0 N–H and O–H groups in total. The molecule has 2 heteroatoms. The second-order valence-corrected chi connectivity index (χ2v) is 4.49. The van der Waals surface area contributed by atoms with Crippen molar-refractivity contribution in [1.29, 1.82) is 0 Å². The van der Waals surface area contributed by atoms with Crippen molar-refractivity contribution in [3.8, 4) is 11.1 Å². The molecule has 1 aliphatic rings. The molecule has 2 atom stereocenters. The second kappa shape index (κ2) is 4.56. The number of hydrogen-bond acceptors (Lipinski definition) is 2. The van der Waals surface area contributed by atoms with Crippen molar-refractivity contribution >= 4 is 0 Å². The molecule has 1 unspecified atom stereocenters. The van der Waals surface area contributed by atoms with Gasteiger partial charge in [-0.25, -0.2) is 0 Å². The van der Waals surface area contributed by atoms with E-state index >= 15 is 0 Å². The fourth-order valence-corrected chi connectivity index (χ4v) is 2.81. The molecule has 0 saturated carbocycles. The molecule has 2 aromatic rings. The van der Waals surface area contributed by atoms with Crippen LogP contribution in [-0.2, 0) is 9.47 Å². The standard InChI is InChI=1S/C16H16O2/c1-17-15-13-9-5-3-7-11(13)12-8-4-6-10-14(12)16(15)18-2/h3-10,15-16H,1-2H3/t15-,16?/m1/s1. The number of ether oxygens (including phenoxy) is 2. The normalized spacial score (nSPS) is 21.2. The van der Waals surface area contributed by atoms with E-state index in [1.54, 1.807) is 14.2 Å². The van der Waals surface area contributed by atoms with Crippen LogP contribution >= 0.6 is 0 Å². The Hall–Kier alpha value is -1.64. The molecule has 92 valence electrons. The van der Waals surface area contributed by atoms with Crippen LogP contribution in [0.2, 0.25) is 0 Å². The predicted octanol–water partition coefficient (Wildman–Crippen LogP) is 3.74. The Morgan fingerprint density at radius 3 is 1.44 bits per heavy atom. The molecule has 2 aromatic carbocycles. The minimum atomic E-state index is -0.0406. The largest absolute Gasteiger partial charge is 0.374 e. The van der Waals surface area contributed by atoms with Crippen LogP contribution in [0.25, 0.3) is 11.1 Å². The van der Waals surface area contributed by atoms with Crippen molar-refractivity contribution in [3.63, 3.8) is 0 Å². The molecule has 3 rings (SSSR count). The summed E-state index contributed by atoms with van der Waals surface area (Å²) in [7, 11) is 3.47. The average Bonchev–Trinajstić information content (AvgIpc) is 2.45. The first-order valence-corrected chi connectivity index (χ1v) is 6.10. The maximum absolute atomic E-state index is 5.65. The Bertz CT molecular complexity index is 511. The molecule has 0 aliphatic heterocycles. The van der Waals surface area contributed by atoms with Crippen molar-refractivity contribution < 1.29 is 9.47 Å². The Morgan fingerprint density at radius 2 is 1.06 bits per heavy atom. The summed E-state index contributed by atoms with van der Waals surface area (Å²) in [6.07, 6.45) is -0.0813. The summed E-state index contributed by atoms with van der Waals surface area (Å²) >= 11 is 0. The van der Waals surface area contributed by atoms with Crippen LogP contribution in [0.5, 0.6) is 0 Å². The molecule has 2 nitrogen and oxygen atoms in total. The van der Waals surface area contributed by atoms with Gasteiger partial charge >= 0.3 is 0 Å². The smallest absolute Gasteiger partial charge is 0.113 e. The van der Waals surface area contributed by atoms with E-state index in [0.717, 1.165) is 0 Å². The van der Waals surface area contributed by atoms with Crippen molar-refractivity contribution in [3.05, 3.63) is 59.7 Å².